The Hall–Kier alpha value is -1.91. The Kier molecular flexibility index (Phi) is 2.74. The summed E-state index contributed by atoms with van der Waals surface area (Å²) in [5.41, 5.74) is 7.89. The van der Waals surface area contributed by atoms with Gasteiger partial charge in [0.1, 0.15) is 11.5 Å². The van der Waals surface area contributed by atoms with Gasteiger partial charge < -0.3 is 5.73 Å². The number of hydrogen-bond acceptors (Lipinski definition) is 4. The van der Waals surface area contributed by atoms with Crippen LogP contribution in [0.2, 0.25) is 0 Å². The predicted octanol–water partition coefficient (Wildman–Crippen LogP) is 2.12. The van der Waals surface area contributed by atoms with Crippen LogP contribution in [0.25, 0.3) is 11.5 Å². The molecule has 0 radical (unpaired) electrons. The average Bonchev–Trinajstić information content (AvgIpc) is 2.98. The van der Waals surface area contributed by atoms with E-state index in [9.17, 15) is 0 Å². The quantitative estimate of drug-likeness (QED) is 0.877. The van der Waals surface area contributed by atoms with Crippen molar-refractivity contribution < 1.29 is 0 Å². The summed E-state index contributed by atoms with van der Waals surface area (Å²) in [6.45, 7) is 0. The van der Waals surface area contributed by atoms with Gasteiger partial charge in [-0.05, 0) is 18.9 Å². The molecule has 0 aliphatic heterocycles. The van der Waals surface area contributed by atoms with Crippen LogP contribution in [0, 0.1) is 0 Å². The number of hydrogen-bond donors (Lipinski definition) is 1. The largest absolute Gasteiger partial charge is 0.384 e. The summed E-state index contributed by atoms with van der Waals surface area (Å²) in [5, 5.41) is 4.15. The number of aromatic nitrogens is 4. The van der Waals surface area contributed by atoms with Crippen LogP contribution in [0.15, 0.2) is 18.3 Å². The first kappa shape index (κ1) is 11.2. The van der Waals surface area contributed by atoms with E-state index in [1.165, 1.54) is 25.7 Å². The minimum Gasteiger partial charge on any atom is -0.384 e. The first-order valence-electron chi connectivity index (χ1n) is 6.37. The summed E-state index contributed by atoms with van der Waals surface area (Å²) < 4.78 is 1.77. The van der Waals surface area contributed by atoms with Gasteiger partial charge in [-0.3, -0.25) is 4.68 Å². The molecule has 0 bridgehead atoms. The Morgan fingerprint density at radius 1 is 1.28 bits per heavy atom. The smallest absolute Gasteiger partial charge is 0.180 e. The Morgan fingerprint density at radius 3 is 2.72 bits per heavy atom. The fraction of sp³-hybridized carbons (Fsp3) is 0.462. The summed E-state index contributed by atoms with van der Waals surface area (Å²) in [4.78, 5) is 8.98. The molecule has 1 saturated carbocycles. The van der Waals surface area contributed by atoms with E-state index in [2.05, 4.69) is 15.1 Å². The molecule has 2 aromatic rings. The zero-order chi connectivity index (χ0) is 12.5. The van der Waals surface area contributed by atoms with Crippen molar-refractivity contribution >= 4 is 5.82 Å². The van der Waals surface area contributed by atoms with E-state index >= 15 is 0 Å². The molecule has 2 heterocycles. The van der Waals surface area contributed by atoms with Gasteiger partial charge in [-0.15, -0.1) is 0 Å². The molecule has 0 aromatic carbocycles. The number of nitrogens with zero attached hydrogens (tertiary/aromatic N) is 4. The van der Waals surface area contributed by atoms with Crippen LogP contribution in [0.3, 0.4) is 0 Å². The van der Waals surface area contributed by atoms with Crippen LogP contribution in [-0.4, -0.2) is 19.7 Å². The van der Waals surface area contributed by atoms with Crippen molar-refractivity contribution in [3.63, 3.8) is 0 Å². The van der Waals surface area contributed by atoms with E-state index in [-0.39, 0.29) is 0 Å². The fourth-order valence-corrected chi connectivity index (χ4v) is 2.62. The van der Waals surface area contributed by atoms with Crippen LogP contribution in [0.4, 0.5) is 5.82 Å². The van der Waals surface area contributed by atoms with Gasteiger partial charge >= 0.3 is 0 Å². The van der Waals surface area contributed by atoms with Gasteiger partial charge in [-0.2, -0.15) is 5.10 Å². The molecule has 3 rings (SSSR count). The Labute approximate surface area is 106 Å². The van der Waals surface area contributed by atoms with E-state index in [1.54, 1.807) is 10.9 Å². The molecule has 94 valence electrons. The minimum absolute atomic E-state index is 0.544. The molecule has 1 fully saturated rings. The van der Waals surface area contributed by atoms with E-state index in [0.29, 0.717) is 17.6 Å². The molecular formula is C13H17N5. The second-order valence-electron chi connectivity index (χ2n) is 4.86. The third kappa shape index (κ3) is 1.96. The van der Waals surface area contributed by atoms with Gasteiger partial charge in [0.05, 0.1) is 0 Å². The molecule has 1 aliphatic carbocycles. The van der Waals surface area contributed by atoms with Gasteiger partial charge in [0, 0.05) is 30.9 Å². The monoisotopic (exact) mass is 243 g/mol. The molecule has 2 aromatic heterocycles. The first-order valence-corrected chi connectivity index (χ1v) is 6.37. The average molecular weight is 243 g/mol. The molecule has 2 N–H and O–H groups in total. The minimum atomic E-state index is 0.544. The maximum Gasteiger partial charge on any atom is 0.180 e. The summed E-state index contributed by atoms with van der Waals surface area (Å²) in [5.74, 6) is 1.77. The van der Waals surface area contributed by atoms with Gasteiger partial charge in [0.15, 0.2) is 5.82 Å². The van der Waals surface area contributed by atoms with E-state index in [0.717, 1.165) is 11.4 Å². The van der Waals surface area contributed by atoms with Crippen molar-refractivity contribution in [3.8, 4) is 11.5 Å². The van der Waals surface area contributed by atoms with Crippen molar-refractivity contribution in [2.45, 2.75) is 31.6 Å². The van der Waals surface area contributed by atoms with Crippen LogP contribution >= 0.6 is 0 Å². The van der Waals surface area contributed by atoms with Crippen LogP contribution in [0.5, 0.6) is 0 Å². The van der Waals surface area contributed by atoms with Gasteiger partial charge in [-0.25, -0.2) is 9.97 Å². The predicted molar refractivity (Wildman–Crippen MR) is 69.9 cm³/mol. The van der Waals surface area contributed by atoms with Crippen molar-refractivity contribution in [3.05, 3.63) is 24.0 Å². The van der Waals surface area contributed by atoms with Gasteiger partial charge in [0.25, 0.3) is 0 Å². The van der Waals surface area contributed by atoms with Crippen LogP contribution in [-0.2, 0) is 7.05 Å². The topological polar surface area (TPSA) is 69.6 Å². The number of rotatable bonds is 2. The van der Waals surface area contributed by atoms with Gasteiger partial charge in [-0.1, -0.05) is 12.8 Å². The normalized spacial score (nSPS) is 16.3. The number of nitrogens with two attached hydrogens (primary N) is 1. The highest BCUT2D eigenvalue weighted by Gasteiger charge is 2.20. The van der Waals surface area contributed by atoms with Gasteiger partial charge in [0.2, 0.25) is 0 Å². The van der Waals surface area contributed by atoms with Crippen molar-refractivity contribution in [1.29, 1.82) is 0 Å². The van der Waals surface area contributed by atoms with E-state index < -0.39 is 0 Å². The Balaban J connectivity index is 2.03. The second-order valence-corrected chi connectivity index (χ2v) is 4.86. The summed E-state index contributed by atoms with van der Waals surface area (Å²) in [6, 6.07) is 3.82. The van der Waals surface area contributed by atoms with E-state index in [1.807, 2.05) is 19.2 Å². The standard InChI is InChI=1S/C13H17N5/c1-18-11(6-7-15-18)13-16-10(8-12(14)17-13)9-4-2-3-5-9/h6-9H,2-5H2,1H3,(H2,14,16,17). The molecule has 0 unspecified atom stereocenters. The second kappa shape index (κ2) is 4.40. The highest BCUT2D eigenvalue weighted by Crippen LogP contribution is 2.34. The maximum absolute atomic E-state index is 5.90. The van der Waals surface area contributed by atoms with Crippen molar-refractivity contribution in [2.75, 3.05) is 5.73 Å². The van der Waals surface area contributed by atoms with Crippen LogP contribution < -0.4 is 5.73 Å². The molecule has 5 nitrogen and oxygen atoms in total. The first-order chi connectivity index (χ1) is 8.74. The van der Waals surface area contributed by atoms with E-state index in [4.69, 9.17) is 5.73 Å². The molecule has 0 saturated heterocycles. The molecule has 0 atom stereocenters. The van der Waals surface area contributed by atoms with Crippen molar-refractivity contribution in [1.82, 2.24) is 19.7 Å². The molecule has 5 heteroatoms. The zero-order valence-corrected chi connectivity index (χ0v) is 10.5. The number of anilines is 1. The molecular weight excluding hydrogens is 226 g/mol. The number of nitrogen functional groups attached to an aromatic ring is 1. The highest BCUT2D eigenvalue weighted by atomic mass is 15.3. The molecule has 18 heavy (non-hydrogen) atoms. The fourth-order valence-electron chi connectivity index (χ4n) is 2.62. The summed E-state index contributed by atoms with van der Waals surface area (Å²) in [7, 11) is 1.89. The third-order valence-corrected chi connectivity index (χ3v) is 3.59. The molecule has 0 amide bonds. The lowest BCUT2D eigenvalue weighted by atomic mass is 10.0. The summed E-state index contributed by atoms with van der Waals surface area (Å²) in [6.07, 6.45) is 6.74. The SMILES string of the molecule is Cn1nccc1-c1nc(N)cc(C2CCCC2)n1. The lowest BCUT2D eigenvalue weighted by Gasteiger charge is -2.11. The van der Waals surface area contributed by atoms with Crippen LogP contribution in [0.1, 0.15) is 37.3 Å². The molecule has 1 aliphatic rings. The highest BCUT2D eigenvalue weighted by molar-refractivity contribution is 5.52. The Morgan fingerprint density at radius 2 is 2.06 bits per heavy atom. The summed E-state index contributed by atoms with van der Waals surface area (Å²) >= 11 is 0. The lowest BCUT2D eigenvalue weighted by Crippen LogP contribution is -2.05. The zero-order valence-electron chi connectivity index (χ0n) is 10.5. The lowest BCUT2D eigenvalue weighted by molar-refractivity contribution is 0.693. The van der Waals surface area contributed by atoms with Crippen molar-refractivity contribution in [2.24, 2.45) is 7.05 Å². The molecule has 0 spiro atoms. The Bertz CT molecular complexity index is 554. The third-order valence-electron chi connectivity index (χ3n) is 3.59. The number of aryl methyl sites for hydroxylation is 1. The maximum atomic E-state index is 5.90.